The van der Waals surface area contributed by atoms with Crippen molar-refractivity contribution in [1.29, 1.82) is 0 Å². The lowest BCUT2D eigenvalue weighted by molar-refractivity contribution is -0.137. The molecule has 0 unspecified atom stereocenters. The molecule has 0 saturated heterocycles. The van der Waals surface area contributed by atoms with Crippen LogP contribution in [0.3, 0.4) is 0 Å². The van der Waals surface area contributed by atoms with E-state index in [4.69, 9.17) is 9.97 Å². The average molecular weight is 559 g/mol. The van der Waals surface area contributed by atoms with Crippen molar-refractivity contribution in [2.45, 2.75) is 72.1 Å². The maximum absolute atomic E-state index is 13.2. The van der Waals surface area contributed by atoms with E-state index in [9.17, 15) is 18.0 Å². The monoisotopic (exact) mass is 558 g/mol. The Labute approximate surface area is 228 Å². The molecule has 3 N–H and O–H groups in total. The number of nitrogens with zero attached hydrogens (tertiary/aromatic N) is 5. The van der Waals surface area contributed by atoms with Crippen molar-refractivity contribution in [3.63, 3.8) is 0 Å². The molecule has 214 valence electrons. The molecule has 40 heavy (non-hydrogen) atoms. The molecule has 13 heteroatoms. The molecule has 0 aliphatic heterocycles. The molecule has 1 aliphatic rings. The van der Waals surface area contributed by atoms with Gasteiger partial charge in [0.2, 0.25) is 17.6 Å². The molecular weight excluding hydrogens is 525 g/mol. The van der Waals surface area contributed by atoms with Gasteiger partial charge in [-0.1, -0.05) is 44.5 Å². The largest absolute Gasteiger partial charge is 0.439 e. The van der Waals surface area contributed by atoms with E-state index in [-0.39, 0.29) is 29.7 Å². The Morgan fingerprint density at radius 2 is 1.85 bits per heavy atom. The van der Waals surface area contributed by atoms with E-state index in [0.29, 0.717) is 41.0 Å². The Hall–Kier alpha value is -3.90. The van der Waals surface area contributed by atoms with E-state index >= 15 is 0 Å². The number of hydrogen-bond acceptors (Lipinski definition) is 8. The molecule has 1 saturated carbocycles. The molecule has 3 heterocycles. The fraction of sp³-hybridized carbons (Fsp3) is 0.519. The zero-order chi connectivity index (χ0) is 28.7. The Morgan fingerprint density at radius 3 is 2.42 bits per heavy atom. The molecule has 1 aromatic carbocycles. The molecule has 1 atom stereocenters. The molecule has 10 nitrogen and oxygen atoms in total. The van der Waals surface area contributed by atoms with Crippen LogP contribution in [0.2, 0.25) is 0 Å². The number of anilines is 2. The van der Waals surface area contributed by atoms with Crippen molar-refractivity contribution < 1.29 is 17.7 Å². The summed E-state index contributed by atoms with van der Waals surface area (Å²) in [5.74, 6) is 0.974. The number of hydrogen-bond donors (Lipinski definition) is 3. The summed E-state index contributed by atoms with van der Waals surface area (Å²) in [6.07, 6.45) is -0.167. The van der Waals surface area contributed by atoms with Gasteiger partial charge in [0.05, 0.1) is 12.1 Å². The highest BCUT2D eigenvalue weighted by Crippen LogP contribution is 2.34. The smallest absolute Gasteiger partial charge is 0.365 e. The van der Waals surface area contributed by atoms with Crippen LogP contribution in [0.15, 0.2) is 33.6 Å². The van der Waals surface area contributed by atoms with Crippen molar-refractivity contribution in [2.24, 2.45) is 11.3 Å². The highest BCUT2D eigenvalue weighted by Gasteiger charge is 2.30. The Balaban J connectivity index is 1.60. The lowest BCUT2D eigenvalue weighted by Crippen LogP contribution is -2.31. The Morgan fingerprint density at radius 1 is 1.12 bits per heavy atom. The fourth-order valence-electron chi connectivity index (χ4n) is 4.66. The van der Waals surface area contributed by atoms with Gasteiger partial charge in [0.15, 0.2) is 11.5 Å². The third kappa shape index (κ3) is 6.13. The number of aromatic amines is 1. The summed E-state index contributed by atoms with van der Waals surface area (Å²) in [4.78, 5) is 28.1. The predicted octanol–water partition coefficient (Wildman–Crippen LogP) is 5.69. The third-order valence-electron chi connectivity index (χ3n) is 7.26. The number of nitrogens with one attached hydrogen (secondary N) is 3. The van der Waals surface area contributed by atoms with E-state index in [1.165, 1.54) is 18.6 Å². The lowest BCUT2D eigenvalue weighted by atomic mass is 9.80. The molecule has 5 rings (SSSR count). The SMILES string of the molecule is C[C@@H](Nc1nc(-c2noc(=O)[nH]2)nc2nc(NCCC(C)(C)C)n(Cc3ccc(C(F)(F)F)cc3)c12)C1CCC1. The Kier molecular flexibility index (Phi) is 7.32. The van der Waals surface area contributed by atoms with Gasteiger partial charge in [0.1, 0.15) is 5.52 Å². The van der Waals surface area contributed by atoms with Gasteiger partial charge in [0.25, 0.3) is 0 Å². The molecule has 4 aromatic rings. The average Bonchev–Trinajstić information content (AvgIpc) is 3.40. The summed E-state index contributed by atoms with van der Waals surface area (Å²) in [5.41, 5.74) is 0.977. The number of rotatable bonds is 9. The minimum atomic E-state index is -4.42. The number of benzene rings is 1. The van der Waals surface area contributed by atoms with Gasteiger partial charge in [-0.05, 0) is 55.2 Å². The van der Waals surface area contributed by atoms with Crippen LogP contribution in [0.1, 0.15) is 64.5 Å². The first-order valence-electron chi connectivity index (χ1n) is 13.4. The maximum Gasteiger partial charge on any atom is 0.439 e. The first kappa shape index (κ1) is 27.7. The number of fused-ring (bicyclic) bond motifs is 1. The zero-order valence-corrected chi connectivity index (χ0v) is 22.9. The van der Waals surface area contributed by atoms with Crippen molar-refractivity contribution in [1.82, 2.24) is 29.7 Å². The van der Waals surface area contributed by atoms with Crippen LogP contribution in [0.25, 0.3) is 22.8 Å². The zero-order valence-electron chi connectivity index (χ0n) is 22.9. The van der Waals surface area contributed by atoms with Crippen LogP contribution in [0.4, 0.5) is 24.9 Å². The number of aromatic nitrogens is 6. The van der Waals surface area contributed by atoms with Crippen LogP contribution in [0.5, 0.6) is 0 Å². The van der Waals surface area contributed by atoms with Crippen LogP contribution < -0.4 is 16.4 Å². The van der Waals surface area contributed by atoms with Gasteiger partial charge in [0, 0.05) is 12.6 Å². The van der Waals surface area contributed by atoms with Crippen molar-refractivity contribution in [3.05, 3.63) is 45.9 Å². The standard InChI is InChI=1S/C27H33F3N8O2/c1-15(17-6-5-7-17)32-20-19-21(34-22(33-20)23-36-25(39)40-37-23)35-24(31-13-12-26(2,3)4)38(19)14-16-8-10-18(11-9-16)27(28,29)30/h8-11,15,17H,5-7,12-14H2,1-4H3,(H,36,37,39)(H2,31,32,33,34,35)/t15-/m1/s1. The molecule has 0 amide bonds. The summed E-state index contributed by atoms with van der Waals surface area (Å²) in [7, 11) is 0. The fourth-order valence-corrected chi connectivity index (χ4v) is 4.66. The first-order chi connectivity index (χ1) is 18.9. The van der Waals surface area contributed by atoms with Crippen LogP contribution in [-0.2, 0) is 12.7 Å². The van der Waals surface area contributed by atoms with E-state index in [1.54, 1.807) is 0 Å². The van der Waals surface area contributed by atoms with Gasteiger partial charge in [-0.25, -0.2) is 14.8 Å². The van der Waals surface area contributed by atoms with E-state index in [0.717, 1.165) is 31.4 Å². The van der Waals surface area contributed by atoms with E-state index < -0.39 is 17.5 Å². The lowest BCUT2D eigenvalue weighted by Gasteiger charge is -2.32. The number of H-pyrrole nitrogens is 1. The van der Waals surface area contributed by atoms with Crippen LogP contribution >= 0.6 is 0 Å². The molecule has 1 aliphatic carbocycles. The van der Waals surface area contributed by atoms with Gasteiger partial charge >= 0.3 is 11.9 Å². The van der Waals surface area contributed by atoms with Crippen molar-refractivity contribution >= 4 is 22.9 Å². The van der Waals surface area contributed by atoms with Gasteiger partial charge in [-0.3, -0.25) is 9.51 Å². The summed E-state index contributed by atoms with van der Waals surface area (Å²) in [5, 5.41) is 10.6. The summed E-state index contributed by atoms with van der Waals surface area (Å²) >= 11 is 0. The summed E-state index contributed by atoms with van der Waals surface area (Å²) in [6.45, 7) is 9.37. The highest BCUT2D eigenvalue weighted by atomic mass is 19.4. The molecule has 0 spiro atoms. The van der Waals surface area contributed by atoms with Crippen molar-refractivity contribution in [2.75, 3.05) is 17.2 Å². The number of imidazole rings is 1. The minimum absolute atomic E-state index is 0.0748. The maximum atomic E-state index is 13.2. The highest BCUT2D eigenvalue weighted by molar-refractivity contribution is 5.87. The van der Waals surface area contributed by atoms with Gasteiger partial charge in [-0.2, -0.15) is 18.2 Å². The first-order valence-corrected chi connectivity index (χ1v) is 13.4. The van der Waals surface area contributed by atoms with Gasteiger partial charge in [-0.15, -0.1) is 0 Å². The number of alkyl halides is 3. The second-order valence-corrected chi connectivity index (χ2v) is 11.6. The second-order valence-electron chi connectivity index (χ2n) is 11.6. The van der Waals surface area contributed by atoms with Crippen molar-refractivity contribution in [3.8, 4) is 11.6 Å². The molecular formula is C27H33F3N8O2. The molecule has 1 fully saturated rings. The normalized spacial score (nSPS) is 15.3. The third-order valence-corrected chi connectivity index (χ3v) is 7.26. The quantitative estimate of drug-likeness (QED) is 0.239. The summed E-state index contributed by atoms with van der Waals surface area (Å²) < 4.78 is 46.1. The molecule has 0 bridgehead atoms. The van der Waals surface area contributed by atoms with Crippen LogP contribution in [0, 0.1) is 11.3 Å². The second kappa shape index (κ2) is 10.6. The topological polar surface area (TPSA) is 127 Å². The number of halogens is 3. The molecule has 3 aromatic heterocycles. The molecule has 0 radical (unpaired) electrons. The summed E-state index contributed by atoms with van der Waals surface area (Å²) in [6, 6.07) is 5.19. The van der Waals surface area contributed by atoms with Gasteiger partial charge < -0.3 is 15.2 Å². The Bertz CT molecular complexity index is 1530. The van der Waals surface area contributed by atoms with Crippen LogP contribution in [-0.4, -0.2) is 42.2 Å². The van der Waals surface area contributed by atoms with E-state index in [1.807, 2.05) is 4.57 Å². The minimum Gasteiger partial charge on any atom is -0.365 e. The van der Waals surface area contributed by atoms with E-state index in [2.05, 4.69) is 58.0 Å². The predicted molar refractivity (Wildman–Crippen MR) is 145 cm³/mol.